The molecule has 0 spiro atoms. The molecule has 5 aromatic rings. The fraction of sp³-hybridized carbons (Fsp3) is 0.108. The summed E-state index contributed by atoms with van der Waals surface area (Å²) in [6, 6.07) is 46.4. The first-order valence-corrected chi connectivity index (χ1v) is 14.9. The highest BCUT2D eigenvalue weighted by atomic mass is 32.2. The number of ether oxygens (including phenoxy) is 2. The van der Waals surface area contributed by atoms with Crippen LogP contribution in [0.2, 0.25) is 0 Å². The van der Waals surface area contributed by atoms with E-state index in [-0.39, 0.29) is 11.2 Å². The molecule has 4 nitrogen and oxygen atoms in total. The molecule has 0 fully saturated rings. The van der Waals surface area contributed by atoms with Gasteiger partial charge in [-0.1, -0.05) is 103 Å². The van der Waals surface area contributed by atoms with Crippen molar-refractivity contribution in [1.29, 1.82) is 0 Å². The molecule has 2 heterocycles. The summed E-state index contributed by atoms with van der Waals surface area (Å²) in [5.41, 5.74) is 3.99. The minimum Gasteiger partial charge on any atom is -0.497 e. The SMILES string of the molecule is COc1ccc(C23CC(c4ccccc4)Sc4ccccc4N2C(=O)C(c2ccccc2)=C(c2ccccc2)O3)cc1. The summed E-state index contributed by atoms with van der Waals surface area (Å²) in [7, 11) is 1.66. The van der Waals surface area contributed by atoms with E-state index in [9.17, 15) is 0 Å². The Morgan fingerprint density at radius 1 is 0.738 bits per heavy atom. The van der Waals surface area contributed by atoms with Gasteiger partial charge >= 0.3 is 0 Å². The van der Waals surface area contributed by atoms with Gasteiger partial charge in [-0.05, 0) is 47.5 Å². The monoisotopic (exact) mass is 567 g/mol. The van der Waals surface area contributed by atoms with Crippen molar-refractivity contribution < 1.29 is 14.3 Å². The van der Waals surface area contributed by atoms with Crippen LogP contribution in [0.4, 0.5) is 5.69 Å². The fourth-order valence-electron chi connectivity index (χ4n) is 5.93. The average Bonchev–Trinajstić information content (AvgIpc) is 3.21. The second-order valence-electron chi connectivity index (χ2n) is 10.4. The molecule has 7 rings (SSSR count). The van der Waals surface area contributed by atoms with Crippen molar-refractivity contribution in [3.05, 3.63) is 162 Å². The van der Waals surface area contributed by atoms with Crippen LogP contribution in [0, 0.1) is 0 Å². The van der Waals surface area contributed by atoms with Gasteiger partial charge in [0.25, 0.3) is 5.91 Å². The number of methoxy groups -OCH3 is 1. The van der Waals surface area contributed by atoms with Crippen molar-refractivity contribution >= 4 is 34.7 Å². The number of amides is 1. The summed E-state index contributed by atoms with van der Waals surface area (Å²) in [5.74, 6) is 1.23. The number of anilines is 1. The maximum atomic E-state index is 15.2. The van der Waals surface area contributed by atoms with Crippen molar-refractivity contribution in [1.82, 2.24) is 0 Å². The molecule has 2 aliphatic rings. The smallest absolute Gasteiger partial charge is 0.266 e. The van der Waals surface area contributed by atoms with Crippen LogP contribution in [-0.2, 0) is 15.3 Å². The van der Waals surface area contributed by atoms with Gasteiger partial charge in [-0.15, -0.1) is 11.8 Å². The van der Waals surface area contributed by atoms with Crippen LogP contribution in [0.5, 0.6) is 5.75 Å². The van der Waals surface area contributed by atoms with Crippen molar-refractivity contribution in [3.8, 4) is 5.75 Å². The normalized spacial score (nSPS) is 19.8. The Morgan fingerprint density at radius 2 is 1.33 bits per heavy atom. The molecule has 2 aliphatic heterocycles. The van der Waals surface area contributed by atoms with Gasteiger partial charge < -0.3 is 9.47 Å². The zero-order chi connectivity index (χ0) is 28.5. The predicted molar refractivity (Wildman–Crippen MR) is 169 cm³/mol. The van der Waals surface area contributed by atoms with Crippen molar-refractivity contribution in [2.75, 3.05) is 12.0 Å². The van der Waals surface area contributed by atoms with Gasteiger partial charge in [-0.3, -0.25) is 9.69 Å². The number of rotatable bonds is 5. The minimum absolute atomic E-state index is 0.0163. The molecule has 2 unspecified atom stereocenters. The van der Waals surface area contributed by atoms with Crippen molar-refractivity contribution in [2.24, 2.45) is 0 Å². The van der Waals surface area contributed by atoms with E-state index in [2.05, 4.69) is 30.3 Å². The maximum Gasteiger partial charge on any atom is 0.266 e. The highest BCUT2D eigenvalue weighted by Crippen LogP contribution is 2.58. The highest BCUT2D eigenvalue weighted by Gasteiger charge is 2.54. The quantitative estimate of drug-likeness (QED) is 0.213. The van der Waals surface area contributed by atoms with Crippen molar-refractivity contribution in [3.63, 3.8) is 0 Å². The number of carbonyl (C=O) groups is 1. The number of para-hydroxylation sites is 1. The van der Waals surface area contributed by atoms with Gasteiger partial charge in [0, 0.05) is 27.7 Å². The lowest BCUT2D eigenvalue weighted by atomic mass is 9.87. The third kappa shape index (κ3) is 4.47. The van der Waals surface area contributed by atoms with Gasteiger partial charge in [0.15, 0.2) is 0 Å². The molecular formula is C37H29NO3S. The highest BCUT2D eigenvalue weighted by molar-refractivity contribution is 7.99. The molecule has 5 aromatic carbocycles. The summed E-state index contributed by atoms with van der Waals surface area (Å²) in [4.78, 5) is 18.1. The van der Waals surface area contributed by atoms with Crippen LogP contribution >= 0.6 is 11.8 Å². The molecule has 206 valence electrons. The fourth-order valence-corrected chi connectivity index (χ4v) is 7.27. The Kier molecular flexibility index (Phi) is 6.80. The molecule has 2 atom stereocenters. The average molecular weight is 568 g/mol. The molecule has 5 heteroatoms. The van der Waals surface area contributed by atoms with E-state index >= 15 is 4.79 Å². The Bertz CT molecular complexity index is 1750. The second-order valence-corrected chi connectivity index (χ2v) is 11.6. The maximum absolute atomic E-state index is 15.2. The van der Waals surface area contributed by atoms with Crippen LogP contribution in [-0.4, -0.2) is 13.0 Å². The molecule has 0 saturated carbocycles. The summed E-state index contributed by atoms with van der Waals surface area (Å²) in [6.45, 7) is 0. The molecule has 0 bridgehead atoms. The Hall–Kier alpha value is -4.74. The Labute approximate surface area is 250 Å². The first kappa shape index (κ1) is 26.2. The minimum atomic E-state index is -1.13. The van der Waals surface area contributed by atoms with Crippen LogP contribution in [0.25, 0.3) is 11.3 Å². The molecule has 0 N–H and O–H groups in total. The molecule has 0 aliphatic carbocycles. The second kappa shape index (κ2) is 10.9. The number of hydrogen-bond donors (Lipinski definition) is 0. The summed E-state index contributed by atoms with van der Waals surface area (Å²) >= 11 is 1.78. The van der Waals surface area contributed by atoms with E-state index in [4.69, 9.17) is 9.47 Å². The van der Waals surface area contributed by atoms with E-state index in [1.54, 1.807) is 18.9 Å². The first-order chi connectivity index (χ1) is 20.7. The Balaban J connectivity index is 1.55. The van der Waals surface area contributed by atoms with E-state index < -0.39 is 5.72 Å². The third-order valence-electron chi connectivity index (χ3n) is 7.92. The molecule has 0 aromatic heterocycles. The van der Waals surface area contributed by atoms with E-state index in [0.29, 0.717) is 17.8 Å². The van der Waals surface area contributed by atoms with Gasteiger partial charge in [0.2, 0.25) is 5.72 Å². The Morgan fingerprint density at radius 3 is 2.00 bits per heavy atom. The number of benzene rings is 5. The lowest BCUT2D eigenvalue weighted by Crippen LogP contribution is -2.55. The number of thioether (sulfide) groups is 1. The number of fused-ring (bicyclic) bond motifs is 3. The van der Waals surface area contributed by atoms with Crippen LogP contribution < -0.4 is 9.64 Å². The first-order valence-electron chi connectivity index (χ1n) is 14.0. The molecule has 1 amide bonds. The van der Waals surface area contributed by atoms with Gasteiger partial charge in [0.1, 0.15) is 11.5 Å². The summed E-state index contributed by atoms with van der Waals surface area (Å²) in [5, 5.41) is 0.0163. The van der Waals surface area contributed by atoms with Crippen molar-refractivity contribution in [2.45, 2.75) is 22.3 Å². The van der Waals surface area contributed by atoms with E-state index in [1.165, 1.54) is 5.56 Å². The van der Waals surface area contributed by atoms with Gasteiger partial charge in [-0.2, -0.15) is 0 Å². The summed E-state index contributed by atoms with van der Waals surface area (Å²) < 4.78 is 12.9. The molecule has 0 radical (unpaired) electrons. The molecular weight excluding hydrogens is 538 g/mol. The van der Waals surface area contributed by atoms with Gasteiger partial charge in [-0.25, -0.2) is 0 Å². The topological polar surface area (TPSA) is 38.8 Å². The van der Waals surface area contributed by atoms with E-state index in [0.717, 1.165) is 33.0 Å². The number of carbonyl (C=O) groups excluding carboxylic acids is 1. The van der Waals surface area contributed by atoms with E-state index in [1.807, 2.05) is 114 Å². The van der Waals surface area contributed by atoms with Gasteiger partial charge in [0.05, 0.1) is 18.4 Å². The molecule has 0 saturated heterocycles. The third-order valence-corrected chi connectivity index (χ3v) is 9.25. The molecule has 42 heavy (non-hydrogen) atoms. The zero-order valence-corrected chi connectivity index (χ0v) is 24.0. The van der Waals surface area contributed by atoms with Crippen LogP contribution in [0.15, 0.2) is 144 Å². The largest absolute Gasteiger partial charge is 0.497 e. The summed E-state index contributed by atoms with van der Waals surface area (Å²) in [6.07, 6.45) is 0.535. The lowest BCUT2D eigenvalue weighted by Gasteiger charge is -2.48. The van der Waals surface area contributed by atoms with Crippen LogP contribution in [0.3, 0.4) is 0 Å². The standard InChI is InChI=1S/C37H29NO3S/c1-40-30-23-21-29(22-24-30)37-25-33(26-13-5-2-6-14-26)42-32-20-12-11-19-31(32)38(37)36(39)34(27-15-7-3-8-16-27)35(41-37)28-17-9-4-10-18-28/h2-24,33H,25H2,1H3. The number of hydrogen-bond acceptors (Lipinski definition) is 4. The lowest BCUT2D eigenvalue weighted by molar-refractivity contribution is -0.120. The zero-order valence-electron chi connectivity index (χ0n) is 23.1. The van der Waals surface area contributed by atoms with Crippen LogP contribution in [0.1, 0.15) is 33.9 Å². The number of nitrogens with zero attached hydrogens (tertiary/aromatic N) is 1. The predicted octanol–water partition coefficient (Wildman–Crippen LogP) is 8.72.